The Bertz CT molecular complexity index is 163. The SMILES string of the molecule is CCC(NN=[N+]=[N-])C(=O)O. The van der Waals surface area contributed by atoms with Crippen LogP contribution in [0.4, 0.5) is 0 Å². The van der Waals surface area contributed by atoms with E-state index in [2.05, 4.69) is 15.6 Å². The maximum atomic E-state index is 10.2. The first-order chi connectivity index (χ1) is 4.72. The van der Waals surface area contributed by atoms with Gasteiger partial charge >= 0.3 is 5.97 Å². The van der Waals surface area contributed by atoms with Crippen LogP contribution in [0.25, 0.3) is 10.4 Å². The van der Waals surface area contributed by atoms with Crippen LogP contribution in [-0.2, 0) is 4.79 Å². The molecule has 56 valence electrons. The molecule has 0 fully saturated rings. The summed E-state index contributed by atoms with van der Waals surface area (Å²) in [6.07, 6.45) is 0.383. The normalized spacial score (nSPS) is 11.3. The monoisotopic (exact) mass is 144 g/mol. The number of nitrogens with one attached hydrogen (secondary N) is 1. The van der Waals surface area contributed by atoms with E-state index in [1.165, 1.54) is 0 Å². The number of azide groups is 1. The first-order valence-electron chi connectivity index (χ1n) is 2.74. The van der Waals surface area contributed by atoms with Crippen molar-refractivity contribution in [1.29, 1.82) is 0 Å². The van der Waals surface area contributed by atoms with Gasteiger partial charge in [0.1, 0.15) is 0 Å². The van der Waals surface area contributed by atoms with Crippen LogP contribution in [0.2, 0.25) is 0 Å². The largest absolute Gasteiger partial charge is 0.478 e. The van der Waals surface area contributed by atoms with Gasteiger partial charge in [0, 0.05) is 0 Å². The molecule has 0 aliphatic carbocycles. The lowest BCUT2D eigenvalue weighted by Gasteiger charge is -2.02. The minimum atomic E-state index is -1.02. The van der Waals surface area contributed by atoms with Gasteiger partial charge in [-0.15, -0.1) is 5.53 Å². The van der Waals surface area contributed by atoms with Crippen molar-refractivity contribution in [3.63, 3.8) is 0 Å². The van der Waals surface area contributed by atoms with Gasteiger partial charge in [-0.3, -0.25) is 0 Å². The summed E-state index contributed by atoms with van der Waals surface area (Å²) in [5.74, 6) is -1.02. The Morgan fingerprint density at radius 1 is 2.00 bits per heavy atom. The molecule has 2 N–H and O–H groups in total. The summed E-state index contributed by atoms with van der Waals surface area (Å²) in [6, 6.07) is -0.782. The molecule has 0 aliphatic rings. The van der Waals surface area contributed by atoms with E-state index in [1.54, 1.807) is 6.92 Å². The molecule has 0 amide bonds. The van der Waals surface area contributed by atoms with Crippen LogP contribution >= 0.6 is 0 Å². The topological polar surface area (TPSA) is 98.1 Å². The summed E-state index contributed by atoms with van der Waals surface area (Å²) >= 11 is 0. The average Bonchev–Trinajstić information content (AvgIpc) is 1.89. The molecule has 0 saturated carbocycles. The summed E-state index contributed by atoms with van der Waals surface area (Å²) in [5, 5.41) is 11.3. The molecule has 1 atom stereocenters. The number of carboxylic acids is 1. The molecule has 0 spiro atoms. The van der Waals surface area contributed by atoms with E-state index in [-0.39, 0.29) is 0 Å². The Morgan fingerprint density at radius 2 is 2.60 bits per heavy atom. The zero-order valence-corrected chi connectivity index (χ0v) is 5.48. The first-order valence-corrected chi connectivity index (χ1v) is 2.74. The first kappa shape index (κ1) is 8.58. The molecule has 0 heterocycles. The molecule has 0 aromatic heterocycles. The quantitative estimate of drug-likeness (QED) is 0.262. The molecule has 6 heteroatoms. The van der Waals surface area contributed by atoms with Crippen LogP contribution in [0.5, 0.6) is 0 Å². The highest BCUT2D eigenvalue weighted by Crippen LogP contribution is 1.89. The second-order valence-electron chi connectivity index (χ2n) is 1.62. The van der Waals surface area contributed by atoms with E-state index in [0.717, 1.165) is 0 Å². The average molecular weight is 144 g/mol. The molecule has 10 heavy (non-hydrogen) atoms. The lowest BCUT2D eigenvalue weighted by Crippen LogP contribution is -2.31. The standard InChI is InChI=1S/C4H8N4O2/c1-2-3(4(9)10)6-8-7-5/h3,6H,2H2,1H3,(H,9,10). The van der Waals surface area contributed by atoms with Gasteiger partial charge in [-0.2, -0.15) is 4.91 Å². The Kier molecular flexibility index (Phi) is 3.83. The molecule has 0 saturated heterocycles. The van der Waals surface area contributed by atoms with E-state index in [9.17, 15) is 4.79 Å². The molecule has 0 aromatic carbocycles. The second kappa shape index (κ2) is 4.46. The molecule has 0 aliphatic heterocycles. The number of hydrogen-bond donors (Lipinski definition) is 2. The fourth-order valence-electron chi connectivity index (χ4n) is 0.417. The van der Waals surface area contributed by atoms with Crippen molar-refractivity contribution >= 4 is 5.97 Å². The highest BCUT2D eigenvalue weighted by Gasteiger charge is 2.15. The number of nitrogens with zero attached hydrogens (tertiary/aromatic N) is 3. The van der Waals surface area contributed by atoms with Gasteiger partial charge in [0.25, 0.3) is 0 Å². The maximum Gasteiger partial charge on any atom is 0.349 e. The van der Waals surface area contributed by atoms with Crippen LogP contribution in [0.3, 0.4) is 0 Å². The number of aliphatic carboxylic acids is 1. The van der Waals surface area contributed by atoms with Gasteiger partial charge in [0.05, 0.1) is 0 Å². The van der Waals surface area contributed by atoms with Crippen LogP contribution in [-0.4, -0.2) is 17.1 Å². The van der Waals surface area contributed by atoms with Crippen molar-refractivity contribution in [3.05, 3.63) is 10.4 Å². The van der Waals surface area contributed by atoms with Crippen molar-refractivity contribution in [2.75, 3.05) is 0 Å². The van der Waals surface area contributed by atoms with Crippen LogP contribution < -0.4 is 5.43 Å². The highest BCUT2D eigenvalue weighted by atomic mass is 16.4. The number of rotatable bonds is 4. The van der Waals surface area contributed by atoms with E-state index >= 15 is 0 Å². The lowest BCUT2D eigenvalue weighted by molar-refractivity contribution is -0.139. The second-order valence-corrected chi connectivity index (χ2v) is 1.62. The van der Waals surface area contributed by atoms with Crippen LogP contribution in [0.15, 0.2) is 5.22 Å². The van der Waals surface area contributed by atoms with E-state index in [4.69, 9.17) is 10.6 Å². The molecule has 0 radical (unpaired) electrons. The molecule has 6 nitrogen and oxygen atoms in total. The van der Waals surface area contributed by atoms with Crippen LogP contribution in [0.1, 0.15) is 13.3 Å². The van der Waals surface area contributed by atoms with E-state index in [0.29, 0.717) is 6.42 Å². The minimum absolute atomic E-state index is 0.383. The Morgan fingerprint density at radius 3 is 2.90 bits per heavy atom. The molecular weight excluding hydrogens is 136 g/mol. The Balaban J connectivity index is 3.82. The third-order valence-electron chi connectivity index (χ3n) is 0.965. The fourth-order valence-corrected chi connectivity index (χ4v) is 0.417. The highest BCUT2D eigenvalue weighted by molar-refractivity contribution is 5.73. The van der Waals surface area contributed by atoms with Crippen LogP contribution in [0, 0.1) is 0 Å². The van der Waals surface area contributed by atoms with Crippen molar-refractivity contribution < 1.29 is 9.90 Å². The summed E-state index contributed by atoms with van der Waals surface area (Å²) in [5.41, 5.74) is 9.92. The molecule has 1 unspecified atom stereocenters. The summed E-state index contributed by atoms with van der Waals surface area (Å²) < 4.78 is 0. The van der Waals surface area contributed by atoms with Crippen molar-refractivity contribution in [2.24, 2.45) is 5.22 Å². The Labute approximate surface area is 57.4 Å². The number of hydrogen-bond acceptors (Lipinski definition) is 2. The summed E-state index contributed by atoms with van der Waals surface area (Å²) in [6.45, 7) is 1.68. The molecule has 0 aromatic rings. The fraction of sp³-hybridized carbons (Fsp3) is 0.750. The summed E-state index contributed by atoms with van der Waals surface area (Å²) in [7, 11) is 0. The van der Waals surface area contributed by atoms with Gasteiger partial charge in [0.2, 0.25) is 0 Å². The van der Waals surface area contributed by atoms with Gasteiger partial charge < -0.3 is 5.11 Å². The molecule has 0 bridgehead atoms. The lowest BCUT2D eigenvalue weighted by atomic mass is 10.2. The van der Waals surface area contributed by atoms with Crippen molar-refractivity contribution in [1.82, 2.24) is 5.43 Å². The third kappa shape index (κ3) is 2.78. The maximum absolute atomic E-state index is 10.2. The zero-order chi connectivity index (χ0) is 7.98. The van der Waals surface area contributed by atoms with Crippen molar-refractivity contribution in [2.45, 2.75) is 19.4 Å². The molecule has 0 rings (SSSR count). The van der Waals surface area contributed by atoms with Crippen molar-refractivity contribution in [3.8, 4) is 0 Å². The van der Waals surface area contributed by atoms with E-state index < -0.39 is 12.0 Å². The Hall–Kier alpha value is -1.42. The minimum Gasteiger partial charge on any atom is -0.478 e. The number of carbonyl (C=O) groups is 1. The molecular formula is C4H8N4O2. The van der Waals surface area contributed by atoms with Gasteiger partial charge in [0.15, 0.2) is 6.04 Å². The van der Waals surface area contributed by atoms with Gasteiger partial charge in [-0.1, -0.05) is 6.92 Å². The third-order valence-corrected chi connectivity index (χ3v) is 0.965. The van der Waals surface area contributed by atoms with Gasteiger partial charge in [-0.05, 0) is 11.6 Å². The van der Waals surface area contributed by atoms with E-state index in [1.807, 2.05) is 0 Å². The summed E-state index contributed by atoms with van der Waals surface area (Å²) in [4.78, 5) is 12.5. The smallest absolute Gasteiger partial charge is 0.349 e. The van der Waals surface area contributed by atoms with Gasteiger partial charge in [-0.25, -0.2) is 10.2 Å². The zero-order valence-electron chi connectivity index (χ0n) is 5.48. The number of carboxylic acid groups (broad SMARTS) is 1. The predicted molar refractivity (Wildman–Crippen MR) is 34.0 cm³/mol. The predicted octanol–water partition coefficient (Wildman–Crippen LogP) is 0.664.